The van der Waals surface area contributed by atoms with E-state index in [1.54, 1.807) is 7.11 Å². The van der Waals surface area contributed by atoms with Gasteiger partial charge in [0.05, 0.1) is 12.5 Å². The van der Waals surface area contributed by atoms with E-state index in [9.17, 15) is 9.59 Å². The summed E-state index contributed by atoms with van der Waals surface area (Å²) in [5.41, 5.74) is 0.672. The van der Waals surface area contributed by atoms with E-state index in [4.69, 9.17) is 4.74 Å². The fourth-order valence-electron chi connectivity index (χ4n) is 4.32. The van der Waals surface area contributed by atoms with Gasteiger partial charge in [-0.1, -0.05) is 32.9 Å². The largest absolute Gasteiger partial charge is 0.497 e. The molecule has 1 spiro atoms. The van der Waals surface area contributed by atoms with Crippen LogP contribution in [0.5, 0.6) is 5.75 Å². The van der Waals surface area contributed by atoms with Crippen LogP contribution in [-0.2, 0) is 16.1 Å². The van der Waals surface area contributed by atoms with Gasteiger partial charge in [-0.2, -0.15) is 0 Å². The zero-order valence-electron chi connectivity index (χ0n) is 17.1. The minimum atomic E-state index is -0.384. The summed E-state index contributed by atoms with van der Waals surface area (Å²) in [5, 5.41) is 0. The number of carbonyl (C=O) groups excluding carboxylic acids is 2. The molecule has 2 aliphatic heterocycles. The molecule has 2 fully saturated rings. The van der Waals surface area contributed by atoms with Gasteiger partial charge in [0, 0.05) is 32.6 Å². The number of amides is 2. The van der Waals surface area contributed by atoms with Crippen LogP contribution < -0.4 is 4.74 Å². The minimum Gasteiger partial charge on any atom is -0.497 e. The standard InChI is InChI=1S/C22H32N2O3/c1-21(2,3)14-19(25)24-12-10-22(16-24)9-6-11-23(20(22)26)15-17-7-5-8-18(13-17)27-4/h5,7-8,13H,6,9-12,14-16H2,1-4H3. The van der Waals surface area contributed by atoms with Crippen molar-refractivity contribution < 1.29 is 14.3 Å². The Balaban J connectivity index is 1.68. The number of rotatable bonds is 4. The molecule has 0 bridgehead atoms. The van der Waals surface area contributed by atoms with Crippen molar-refractivity contribution in [2.75, 3.05) is 26.7 Å². The number of nitrogens with zero attached hydrogens (tertiary/aromatic N) is 2. The third kappa shape index (κ3) is 4.45. The van der Waals surface area contributed by atoms with Gasteiger partial charge in [-0.15, -0.1) is 0 Å². The summed E-state index contributed by atoms with van der Waals surface area (Å²) >= 11 is 0. The number of carbonyl (C=O) groups is 2. The maximum atomic E-state index is 13.3. The summed E-state index contributed by atoms with van der Waals surface area (Å²) in [7, 11) is 1.65. The molecule has 0 aliphatic carbocycles. The summed E-state index contributed by atoms with van der Waals surface area (Å²) in [6, 6.07) is 7.90. The van der Waals surface area contributed by atoms with Gasteiger partial charge in [-0.3, -0.25) is 9.59 Å². The molecule has 1 unspecified atom stereocenters. The highest BCUT2D eigenvalue weighted by Gasteiger charge is 2.49. The lowest BCUT2D eigenvalue weighted by molar-refractivity contribution is -0.147. The first-order valence-corrected chi connectivity index (χ1v) is 9.93. The van der Waals surface area contributed by atoms with Crippen molar-refractivity contribution >= 4 is 11.8 Å². The molecule has 1 aromatic rings. The van der Waals surface area contributed by atoms with E-state index in [2.05, 4.69) is 20.8 Å². The molecule has 27 heavy (non-hydrogen) atoms. The summed E-state index contributed by atoms with van der Waals surface area (Å²) in [4.78, 5) is 29.8. The van der Waals surface area contributed by atoms with E-state index in [-0.39, 0.29) is 22.6 Å². The van der Waals surface area contributed by atoms with E-state index >= 15 is 0 Å². The Morgan fingerprint density at radius 1 is 1.22 bits per heavy atom. The highest BCUT2D eigenvalue weighted by atomic mass is 16.5. The van der Waals surface area contributed by atoms with Crippen molar-refractivity contribution in [2.24, 2.45) is 10.8 Å². The van der Waals surface area contributed by atoms with E-state index in [0.29, 0.717) is 26.1 Å². The topological polar surface area (TPSA) is 49.9 Å². The van der Waals surface area contributed by atoms with Crippen molar-refractivity contribution in [1.82, 2.24) is 9.80 Å². The predicted octanol–water partition coefficient (Wildman–Crippen LogP) is 3.47. The maximum Gasteiger partial charge on any atom is 0.230 e. The predicted molar refractivity (Wildman–Crippen MR) is 105 cm³/mol. The van der Waals surface area contributed by atoms with Crippen LogP contribution in [-0.4, -0.2) is 48.4 Å². The second kappa shape index (κ2) is 7.53. The number of benzene rings is 1. The summed E-state index contributed by atoms with van der Waals surface area (Å²) in [6.45, 7) is 8.92. The van der Waals surface area contributed by atoms with E-state index in [0.717, 1.165) is 37.1 Å². The maximum absolute atomic E-state index is 13.3. The second-order valence-corrected chi connectivity index (χ2v) is 9.26. The van der Waals surface area contributed by atoms with Crippen LogP contribution in [0.15, 0.2) is 24.3 Å². The number of likely N-dealkylation sites (tertiary alicyclic amines) is 2. The quantitative estimate of drug-likeness (QED) is 0.813. The van der Waals surface area contributed by atoms with Gasteiger partial charge in [0.25, 0.3) is 0 Å². The smallest absolute Gasteiger partial charge is 0.230 e. The molecule has 0 aromatic heterocycles. The van der Waals surface area contributed by atoms with Gasteiger partial charge >= 0.3 is 0 Å². The van der Waals surface area contributed by atoms with Crippen LogP contribution in [0, 0.1) is 10.8 Å². The lowest BCUT2D eigenvalue weighted by Gasteiger charge is -2.39. The number of piperidine rings is 1. The van der Waals surface area contributed by atoms with Crippen molar-refractivity contribution in [3.63, 3.8) is 0 Å². The monoisotopic (exact) mass is 372 g/mol. The molecule has 0 radical (unpaired) electrons. The molecule has 2 heterocycles. The molecule has 2 saturated heterocycles. The molecular weight excluding hydrogens is 340 g/mol. The van der Waals surface area contributed by atoms with Crippen LogP contribution in [0.25, 0.3) is 0 Å². The molecule has 148 valence electrons. The van der Waals surface area contributed by atoms with E-state index < -0.39 is 0 Å². The molecule has 0 saturated carbocycles. The van der Waals surface area contributed by atoms with Crippen LogP contribution in [0.2, 0.25) is 0 Å². The zero-order valence-corrected chi connectivity index (χ0v) is 17.1. The van der Waals surface area contributed by atoms with E-state index in [1.807, 2.05) is 34.1 Å². The summed E-state index contributed by atoms with van der Waals surface area (Å²) < 4.78 is 5.30. The first-order valence-electron chi connectivity index (χ1n) is 9.93. The Labute approximate surface area is 162 Å². The van der Waals surface area contributed by atoms with Crippen LogP contribution in [0.1, 0.15) is 52.0 Å². The Kier molecular flexibility index (Phi) is 5.50. The van der Waals surface area contributed by atoms with Crippen molar-refractivity contribution in [2.45, 2.75) is 53.0 Å². The third-order valence-corrected chi connectivity index (χ3v) is 5.72. The molecule has 2 aliphatic rings. The van der Waals surface area contributed by atoms with Crippen molar-refractivity contribution in [3.05, 3.63) is 29.8 Å². The highest BCUT2D eigenvalue weighted by Crippen LogP contribution is 2.41. The zero-order chi connectivity index (χ0) is 19.7. The number of ether oxygens (including phenoxy) is 1. The lowest BCUT2D eigenvalue weighted by atomic mass is 9.78. The lowest BCUT2D eigenvalue weighted by Crippen LogP contribution is -2.50. The fraction of sp³-hybridized carbons (Fsp3) is 0.636. The van der Waals surface area contributed by atoms with Crippen molar-refractivity contribution in [1.29, 1.82) is 0 Å². The molecule has 5 heteroatoms. The molecule has 5 nitrogen and oxygen atoms in total. The van der Waals surface area contributed by atoms with Crippen molar-refractivity contribution in [3.8, 4) is 5.75 Å². The average Bonchev–Trinajstić information content (AvgIpc) is 3.03. The van der Waals surface area contributed by atoms with Crippen LogP contribution in [0.3, 0.4) is 0 Å². The third-order valence-electron chi connectivity index (χ3n) is 5.72. The molecular formula is C22H32N2O3. The summed E-state index contributed by atoms with van der Waals surface area (Å²) in [5.74, 6) is 1.20. The molecule has 1 atom stereocenters. The van der Waals surface area contributed by atoms with Gasteiger partial charge in [-0.05, 0) is 42.4 Å². The Morgan fingerprint density at radius 2 is 2.00 bits per heavy atom. The first kappa shape index (κ1) is 19.7. The SMILES string of the molecule is COc1cccc(CN2CCCC3(CCN(C(=O)CC(C)(C)C)C3)C2=O)c1. The van der Waals surface area contributed by atoms with Gasteiger partial charge in [0.1, 0.15) is 5.75 Å². The molecule has 0 N–H and O–H groups in total. The average molecular weight is 373 g/mol. The number of hydrogen-bond donors (Lipinski definition) is 0. The first-order chi connectivity index (χ1) is 12.7. The van der Waals surface area contributed by atoms with Gasteiger partial charge in [-0.25, -0.2) is 0 Å². The summed E-state index contributed by atoms with van der Waals surface area (Å²) in [6.07, 6.45) is 3.21. The van der Waals surface area contributed by atoms with Gasteiger partial charge < -0.3 is 14.5 Å². The highest BCUT2D eigenvalue weighted by molar-refractivity contribution is 5.86. The van der Waals surface area contributed by atoms with E-state index in [1.165, 1.54) is 0 Å². The minimum absolute atomic E-state index is 0.0260. The van der Waals surface area contributed by atoms with Crippen LogP contribution in [0.4, 0.5) is 0 Å². The van der Waals surface area contributed by atoms with Crippen LogP contribution >= 0.6 is 0 Å². The van der Waals surface area contributed by atoms with Gasteiger partial charge in [0.15, 0.2) is 0 Å². The Hall–Kier alpha value is -2.04. The van der Waals surface area contributed by atoms with Gasteiger partial charge in [0.2, 0.25) is 11.8 Å². The fourth-order valence-corrected chi connectivity index (χ4v) is 4.32. The Morgan fingerprint density at radius 3 is 2.70 bits per heavy atom. The molecule has 1 aromatic carbocycles. The Bertz CT molecular complexity index is 710. The number of hydrogen-bond acceptors (Lipinski definition) is 3. The number of methoxy groups -OCH3 is 1. The molecule has 3 rings (SSSR count). The molecule has 2 amide bonds. The second-order valence-electron chi connectivity index (χ2n) is 9.26. The normalized spacial score (nSPS) is 23.2.